The number of hydrogen-bond acceptors (Lipinski definition) is 5. The van der Waals surface area contributed by atoms with Crippen molar-refractivity contribution in [2.75, 3.05) is 38.4 Å². The highest BCUT2D eigenvalue weighted by Gasteiger charge is 2.13. The van der Waals surface area contributed by atoms with Crippen LogP contribution in [-0.4, -0.2) is 53.3 Å². The van der Waals surface area contributed by atoms with E-state index in [0.717, 1.165) is 17.6 Å². The predicted molar refractivity (Wildman–Crippen MR) is 105 cm³/mol. The molecule has 0 aliphatic carbocycles. The quantitative estimate of drug-likeness (QED) is 0.688. The van der Waals surface area contributed by atoms with Crippen molar-refractivity contribution in [1.29, 1.82) is 0 Å². The number of ether oxygens (including phenoxy) is 2. The first kappa shape index (κ1) is 20.6. The van der Waals surface area contributed by atoms with Gasteiger partial charge in [-0.15, -0.1) is 0 Å². The summed E-state index contributed by atoms with van der Waals surface area (Å²) in [7, 11) is 1.47. The van der Waals surface area contributed by atoms with Crippen molar-refractivity contribution in [3.05, 3.63) is 54.1 Å². The molecular formula is C19H24N2O5S. The van der Waals surface area contributed by atoms with Gasteiger partial charge >= 0.3 is 0 Å². The highest BCUT2D eigenvalue weighted by molar-refractivity contribution is 7.92. The summed E-state index contributed by atoms with van der Waals surface area (Å²) in [6.45, 7) is 0.359. The Kier molecular flexibility index (Phi) is 6.68. The van der Waals surface area contributed by atoms with E-state index in [-0.39, 0.29) is 12.5 Å². The highest BCUT2D eigenvalue weighted by atomic mass is 32.2. The maximum absolute atomic E-state index is 12.2. The Labute approximate surface area is 160 Å². The minimum atomic E-state index is -3.32. The van der Waals surface area contributed by atoms with Crippen LogP contribution in [0.15, 0.2) is 48.5 Å². The van der Waals surface area contributed by atoms with Crippen LogP contribution in [0.4, 0.5) is 5.69 Å². The lowest BCUT2D eigenvalue weighted by molar-refractivity contribution is -0.132. The number of likely N-dealkylation sites (N-methyl/N-ethyl adjacent to an activating group) is 1. The summed E-state index contributed by atoms with van der Waals surface area (Å²) in [5.41, 5.74) is 1.51. The number of hydrogen-bond donors (Lipinski definition) is 0. The lowest BCUT2D eigenvalue weighted by Gasteiger charge is -2.19. The van der Waals surface area contributed by atoms with Crippen LogP contribution in [0.3, 0.4) is 0 Å². The van der Waals surface area contributed by atoms with Gasteiger partial charge < -0.3 is 14.4 Å². The Hall–Kier alpha value is -2.74. The van der Waals surface area contributed by atoms with Gasteiger partial charge in [0.2, 0.25) is 10.0 Å². The highest BCUT2D eigenvalue weighted by Crippen LogP contribution is 2.20. The lowest BCUT2D eigenvalue weighted by atomic mass is 10.2. The fraction of sp³-hybridized carbons (Fsp3) is 0.316. The number of anilines is 1. The molecular weight excluding hydrogens is 368 g/mol. The molecule has 0 saturated carbocycles. The maximum Gasteiger partial charge on any atom is 0.260 e. The second-order valence-electron chi connectivity index (χ2n) is 6.11. The van der Waals surface area contributed by atoms with E-state index in [1.807, 2.05) is 24.3 Å². The van der Waals surface area contributed by atoms with Crippen LogP contribution in [0.2, 0.25) is 0 Å². The van der Waals surface area contributed by atoms with Crippen LogP contribution in [0.25, 0.3) is 0 Å². The van der Waals surface area contributed by atoms with Gasteiger partial charge in [-0.1, -0.05) is 12.1 Å². The fourth-order valence-electron chi connectivity index (χ4n) is 2.29. The third-order valence-electron chi connectivity index (χ3n) is 4.06. The number of rotatable bonds is 8. The van der Waals surface area contributed by atoms with Gasteiger partial charge in [-0.2, -0.15) is 0 Å². The standard InChI is InChI=1S/C19H24N2O5S/c1-20(13-15-5-9-17(25-3)10-6-15)19(22)14-26-18-11-7-16(8-12-18)21(2)27(4,23)24/h5-12H,13-14H2,1-4H3. The molecule has 0 aliphatic heterocycles. The van der Waals surface area contributed by atoms with Crippen molar-refractivity contribution in [3.63, 3.8) is 0 Å². The third kappa shape index (κ3) is 5.89. The minimum Gasteiger partial charge on any atom is -0.497 e. The molecule has 1 amide bonds. The van der Waals surface area contributed by atoms with Crippen LogP contribution in [0.5, 0.6) is 11.5 Å². The summed E-state index contributed by atoms with van der Waals surface area (Å²) < 4.78 is 34.8. The van der Waals surface area contributed by atoms with Crippen molar-refractivity contribution in [2.24, 2.45) is 0 Å². The number of amides is 1. The van der Waals surface area contributed by atoms with Crippen LogP contribution in [0.1, 0.15) is 5.56 Å². The Bertz CT molecular complexity index is 864. The number of sulfonamides is 1. The van der Waals surface area contributed by atoms with E-state index in [4.69, 9.17) is 9.47 Å². The average Bonchev–Trinajstić information content (AvgIpc) is 2.65. The molecule has 2 rings (SSSR count). The first-order chi connectivity index (χ1) is 12.7. The molecule has 0 N–H and O–H groups in total. The van der Waals surface area contributed by atoms with Crippen molar-refractivity contribution in [3.8, 4) is 11.5 Å². The summed E-state index contributed by atoms with van der Waals surface area (Å²) in [5.74, 6) is 1.09. The number of carbonyl (C=O) groups excluding carboxylic acids is 1. The molecule has 0 heterocycles. The monoisotopic (exact) mass is 392 g/mol. The van der Waals surface area contributed by atoms with Crippen LogP contribution in [-0.2, 0) is 21.4 Å². The fourth-order valence-corrected chi connectivity index (χ4v) is 2.80. The molecule has 0 unspecified atom stereocenters. The molecule has 0 aromatic heterocycles. The summed E-state index contributed by atoms with van der Waals surface area (Å²) in [6, 6.07) is 14.0. The molecule has 7 nitrogen and oxygen atoms in total. The van der Waals surface area contributed by atoms with E-state index < -0.39 is 10.0 Å². The van der Waals surface area contributed by atoms with Gasteiger partial charge in [0.25, 0.3) is 5.91 Å². The average molecular weight is 392 g/mol. The summed E-state index contributed by atoms with van der Waals surface area (Å²) >= 11 is 0. The Morgan fingerprint density at radius 1 is 0.963 bits per heavy atom. The smallest absolute Gasteiger partial charge is 0.260 e. The zero-order valence-corrected chi connectivity index (χ0v) is 16.7. The van der Waals surface area contributed by atoms with Gasteiger partial charge in [-0.05, 0) is 42.0 Å². The van der Waals surface area contributed by atoms with E-state index in [9.17, 15) is 13.2 Å². The Balaban J connectivity index is 1.88. The Morgan fingerprint density at radius 3 is 2.04 bits per heavy atom. The van der Waals surface area contributed by atoms with Gasteiger partial charge in [0, 0.05) is 20.6 Å². The second-order valence-corrected chi connectivity index (χ2v) is 8.12. The van der Waals surface area contributed by atoms with Crippen LogP contribution < -0.4 is 13.8 Å². The second kappa shape index (κ2) is 8.77. The van der Waals surface area contributed by atoms with Crippen molar-refractivity contribution in [1.82, 2.24) is 4.90 Å². The van der Waals surface area contributed by atoms with Crippen molar-refractivity contribution in [2.45, 2.75) is 6.54 Å². The molecule has 27 heavy (non-hydrogen) atoms. The molecule has 2 aromatic rings. The Morgan fingerprint density at radius 2 is 1.52 bits per heavy atom. The van der Waals surface area contributed by atoms with Gasteiger partial charge in [0.05, 0.1) is 19.1 Å². The molecule has 0 atom stereocenters. The molecule has 2 aromatic carbocycles. The van der Waals surface area contributed by atoms with E-state index in [2.05, 4.69) is 0 Å². The molecule has 146 valence electrons. The summed E-state index contributed by atoms with van der Waals surface area (Å²) in [6.07, 6.45) is 1.13. The van der Waals surface area contributed by atoms with E-state index in [1.165, 1.54) is 11.4 Å². The number of benzene rings is 2. The zero-order valence-electron chi connectivity index (χ0n) is 15.9. The SMILES string of the molecule is COc1ccc(CN(C)C(=O)COc2ccc(N(C)S(C)(=O)=O)cc2)cc1. The molecule has 0 bridgehead atoms. The van der Waals surface area contributed by atoms with Crippen LogP contribution >= 0.6 is 0 Å². The van der Waals surface area contributed by atoms with E-state index in [0.29, 0.717) is 18.0 Å². The maximum atomic E-state index is 12.2. The molecule has 8 heteroatoms. The minimum absolute atomic E-state index is 0.103. The van der Waals surface area contributed by atoms with Crippen LogP contribution in [0, 0.1) is 0 Å². The van der Waals surface area contributed by atoms with Crippen molar-refractivity contribution >= 4 is 21.6 Å². The molecule has 0 fully saturated rings. The zero-order chi connectivity index (χ0) is 20.0. The number of carbonyl (C=O) groups is 1. The normalized spacial score (nSPS) is 11.0. The number of nitrogens with zero attached hydrogens (tertiary/aromatic N) is 2. The first-order valence-corrected chi connectivity index (χ1v) is 10.1. The largest absolute Gasteiger partial charge is 0.497 e. The predicted octanol–water partition coefficient (Wildman–Crippen LogP) is 2.13. The number of methoxy groups -OCH3 is 1. The van der Waals surface area contributed by atoms with Gasteiger partial charge in [-0.3, -0.25) is 9.10 Å². The van der Waals surface area contributed by atoms with E-state index >= 15 is 0 Å². The molecule has 0 saturated heterocycles. The van der Waals surface area contributed by atoms with Crippen molar-refractivity contribution < 1.29 is 22.7 Å². The summed E-state index contributed by atoms with van der Waals surface area (Å²) in [4.78, 5) is 13.8. The molecule has 0 spiro atoms. The molecule has 0 radical (unpaired) electrons. The first-order valence-electron chi connectivity index (χ1n) is 8.24. The van der Waals surface area contributed by atoms with Gasteiger partial charge in [0.1, 0.15) is 11.5 Å². The third-order valence-corrected chi connectivity index (χ3v) is 5.27. The van der Waals surface area contributed by atoms with Gasteiger partial charge in [0.15, 0.2) is 6.61 Å². The van der Waals surface area contributed by atoms with Gasteiger partial charge in [-0.25, -0.2) is 8.42 Å². The topological polar surface area (TPSA) is 76.2 Å². The summed E-state index contributed by atoms with van der Waals surface area (Å²) in [5, 5.41) is 0. The van der Waals surface area contributed by atoms with E-state index in [1.54, 1.807) is 43.3 Å². The lowest BCUT2D eigenvalue weighted by Crippen LogP contribution is -2.31. The molecule has 0 aliphatic rings.